The van der Waals surface area contributed by atoms with E-state index in [1.165, 1.54) is 21.9 Å². The van der Waals surface area contributed by atoms with E-state index in [9.17, 15) is 0 Å². The fourth-order valence-corrected chi connectivity index (χ4v) is 4.08. The van der Waals surface area contributed by atoms with Crippen molar-refractivity contribution in [2.45, 2.75) is 27.2 Å². The van der Waals surface area contributed by atoms with Gasteiger partial charge in [-0.25, -0.2) is 4.98 Å². The molecule has 0 amide bonds. The van der Waals surface area contributed by atoms with Crippen LogP contribution in [-0.2, 0) is 6.42 Å². The first-order chi connectivity index (χ1) is 13.6. The van der Waals surface area contributed by atoms with Crippen molar-refractivity contribution in [3.63, 3.8) is 0 Å². The Hall–Kier alpha value is -3.13. The molecule has 0 bridgehead atoms. The standard InChI is InChI=1S/C26H23NO/c1-16(2)11-19-13-23(18-8-6-7-17(3)12-18)27-24-15-26-22(14-21(19)24)20-9-4-5-10-25(20)28-26/h4-10,12-16H,11H2,1-3H3. The van der Waals surface area contributed by atoms with Gasteiger partial charge in [0.05, 0.1) is 11.2 Å². The van der Waals surface area contributed by atoms with E-state index in [0.717, 1.165) is 39.7 Å². The Morgan fingerprint density at radius 2 is 1.68 bits per heavy atom. The molecular weight excluding hydrogens is 342 g/mol. The Morgan fingerprint density at radius 3 is 2.50 bits per heavy atom. The molecule has 5 rings (SSSR count). The molecular formula is C26H23NO. The highest BCUT2D eigenvalue weighted by molar-refractivity contribution is 6.10. The topological polar surface area (TPSA) is 26.0 Å². The molecule has 2 heteroatoms. The van der Waals surface area contributed by atoms with Crippen LogP contribution in [0.2, 0.25) is 0 Å². The molecule has 2 nitrogen and oxygen atoms in total. The molecule has 0 aliphatic heterocycles. The molecule has 28 heavy (non-hydrogen) atoms. The zero-order chi connectivity index (χ0) is 19.3. The average molecular weight is 365 g/mol. The van der Waals surface area contributed by atoms with Gasteiger partial charge in [-0.05, 0) is 49.1 Å². The Labute approximate surface area is 164 Å². The second-order valence-corrected chi connectivity index (χ2v) is 8.10. The molecule has 0 unspecified atom stereocenters. The first kappa shape index (κ1) is 17.0. The molecule has 3 aromatic carbocycles. The van der Waals surface area contributed by atoms with Gasteiger partial charge < -0.3 is 4.42 Å². The Balaban J connectivity index is 1.82. The summed E-state index contributed by atoms with van der Waals surface area (Å²) in [4.78, 5) is 5.01. The third-order valence-electron chi connectivity index (χ3n) is 5.33. The van der Waals surface area contributed by atoms with Crippen LogP contribution in [0.3, 0.4) is 0 Å². The van der Waals surface area contributed by atoms with Gasteiger partial charge in [0.2, 0.25) is 0 Å². The van der Waals surface area contributed by atoms with Crippen LogP contribution in [0.15, 0.2) is 71.1 Å². The summed E-state index contributed by atoms with van der Waals surface area (Å²) in [5.74, 6) is 0.577. The van der Waals surface area contributed by atoms with Gasteiger partial charge in [-0.3, -0.25) is 0 Å². The lowest BCUT2D eigenvalue weighted by Gasteiger charge is -2.12. The summed E-state index contributed by atoms with van der Waals surface area (Å²) in [5, 5.41) is 3.56. The second kappa shape index (κ2) is 6.49. The summed E-state index contributed by atoms with van der Waals surface area (Å²) in [7, 11) is 0. The van der Waals surface area contributed by atoms with E-state index >= 15 is 0 Å². The highest BCUT2D eigenvalue weighted by Crippen LogP contribution is 2.34. The monoisotopic (exact) mass is 365 g/mol. The summed E-state index contributed by atoms with van der Waals surface area (Å²) in [6.07, 6.45) is 1.03. The quantitative estimate of drug-likeness (QED) is 0.335. The van der Waals surface area contributed by atoms with Crippen molar-refractivity contribution in [1.82, 2.24) is 4.98 Å². The van der Waals surface area contributed by atoms with Gasteiger partial charge in [0, 0.05) is 27.8 Å². The van der Waals surface area contributed by atoms with Crippen molar-refractivity contribution >= 4 is 32.8 Å². The number of para-hydroxylation sites is 1. The molecule has 0 radical (unpaired) electrons. The molecule has 0 aliphatic carbocycles. The number of hydrogen-bond donors (Lipinski definition) is 0. The molecule has 0 spiro atoms. The van der Waals surface area contributed by atoms with Gasteiger partial charge in [-0.2, -0.15) is 0 Å². The van der Waals surface area contributed by atoms with E-state index in [1.807, 2.05) is 12.1 Å². The molecule has 0 saturated carbocycles. The van der Waals surface area contributed by atoms with Crippen LogP contribution < -0.4 is 0 Å². The molecule has 5 aromatic rings. The molecule has 0 saturated heterocycles. The molecule has 2 aromatic heterocycles. The Bertz CT molecular complexity index is 1330. The summed E-state index contributed by atoms with van der Waals surface area (Å²) in [6, 6.07) is 23.4. The number of furan rings is 1. The second-order valence-electron chi connectivity index (χ2n) is 8.10. The minimum absolute atomic E-state index is 0.577. The number of hydrogen-bond acceptors (Lipinski definition) is 2. The van der Waals surface area contributed by atoms with Crippen LogP contribution in [0.4, 0.5) is 0 Å². The minimum atomic E-state index is 0.577. The van der Waals surface area contributed by atoms with E-state index in [2.05, 4.69) is 75.4 Å². The van der Waals surface area contributed by atoms with E-state index in [-0.39, 0.29) is 0 Å². The van der Waals surface area contributed by atoms with Gasteiger partial charge in [0.15, 0.2) is 0 Å². The van der Waals surface area contributed by atoms with Crippen molar-refractivity contribution < 1.29 is 4.42 Å². The van der Waals surface area contributed by atoms with Crippen molar-refractivity contribution in [1.29, 1.82) is 0 Å². The van der Waals surface area contributed by atoms with Gasteiger partial charge >= 0.3 is 0 Å². The van der Waals surface area contributed by atoms with E-state index in [1.54, 1.807) is 0 Å². The number of benzene rings is 3. The number of fused-ring (bicyclic) bond motifs is 4. The number of rotatable bonds is 3. The summed E-state index contributed by atoms with van der Waals surface area (Å²) < 4.78 is 6.11. The molecule has 138 valence electrons. The van der Waals surface area contributed by atoms with E-state index in [0.29, 0.717) is 5.92 Å². The van der Waals surface area contributed by atoms with Crippen LogP contribution in [0, 0.1) is 12.8 Å². The molecule has 2 heterocycles. The van der Waals surface area contributed by atoms with Crippen molar-refractivity contribution in [3.8, 4) is 11.3 Å². The number of pyridine rings is 1. The number of nitrogens with zero attached hydrogens (tertiary/aromatic N) is 1. The predicted octanol–water partition coefficient (Wildman–Crippen LogP) is 7.31. The number of aryl methyl sites for hydroxylation is 1. The maximum Gasteiger partial charge on any atom is 0.137 e. The minimum Gasteiger partial charge on any atom is -0.456 e. The van der Waals surface area contributed by atoms with Crippen LogP contribution in [-0.4, -0.2) is 4.98 Å². The van der Waals surface area contributed by atoms with Gasteiger partial charge in [-0.1, -0.05) is 55.8 Å². The maximum absolute atomic E-state index is 6.11. The Morgan fingerprint density at radius 1 is 0.821 bits per heavy atom. The van der Waals surface area contributed by atoms with Crippen LogP contribution >= 0.6 is 0 Å². The van der Waals surface area contributed by atoms with Crippen molar-refractivity contribution in [2.75, 3.05) is 0 Å². The molecule has 0 aliphatic rings. The summed E-state index contributed by atoms with van der Waals surface area (Å²) in [5.41, 5.74) is 7.62. The average Bonchev–Trinajstić information content (AvgIpc) is 3.03. The van der Waals surface area contributed by atoms with Gasteiger partial charge in [0.1, 0.15) is 11.2 Å². The van der Waals surface area contributed by atoms with Crippen LogP contribution in [0.25, 0.3) is 44.1 Å². The smallest absolute Gasteiger partial charge is 0.137 e. The normalized spacial score (nSPS) is 11.9. The lowest BCUT2D eigenvalue weighted by molar-refractivity contribution is 0.650. The van der Waals surface area contributed by atoms with E-state index in [4.69, 9.17) is 9.40 Å². The first-order valence-corrected chi connectivity index (χ1v) is 9.90. The highest BCUT2D eigenvalue weighted by atomic mass is 16.3. The van der Waals surface area contributed by atoms with Gasteiger partial charge in [0.25, 0.3) is 0 Å². The van der Waals surface area contributed by atoms with Gasteiger partial charge in [-0.15, -0.1) is 0 Å². The predicted molar refractivity (Wildman–Crippen MR) is 118 cm³/mol. The zero-order valence-corrected chi connectivity index (χ0v) is 16.5. The van der Waals surface area contributed by atoms with Crippen molar-refractivity contribution in [2.24, 2.45) is 5.92 Å². The fraction of sp³-hybridized carbons (Fsp3) is 0.192. The van der Waals surface area contributed by atoms with Crippen LogP contribution in [0.1, 0.15) is 25.0 Å². The third kappa shape index (κ3) is 2.86. The van der Waals surface area contributed by atoms with Crippen LogP contribution in [0.5, 0.6) is 0 Å². The highest BCUT2D eigenvalue weighted by Gasteiger charge is 2.14. The number of aromatic nitrogens is 1. The maximum atomic E-state index is 6.11. The lowest BCUT2D eigenvalue weighted by Crippen LogP contribution is -1.98. The Kier molecular flexibility index (Phi) is 3.94. The largest absolute Gasteiger partial charge is 0.456 e. The molecule has 0 N–H and O–H groups in total. The molecule has 0 fully saturated rings. The summed E-state index contributed by atoms with van der Waals surface area (Å²) >= 11 is 0. The van der Waals surface area contributed by atoms with Crippen molar-refractivity contribution in [3.05, 3.63) is 77.9 Å². The zero-order valence-electron chi connectivity index (χ0n) is 16.5. The lowest BCUT2D eigenvalue weighted by atomic mass is 9.95. The molecule has 0 atom stereocenters. The fourth-order valence-electron chi connectivity index (χ4n) is 4.08. The SMILES string of the molecule is Cc1cccc(-c2cc(CC(C)C)c3cc4c(cc3n2)oc2ccccc24)c1. The third-order valence-corrected chi connectivity index (χ3v) is 5.33. The first-order valence-electron chi connectivity index (χ1n) is 9.90. The van der Waals surface area contributed by atoms with E-state index < -0.39 is 0 Å². The summed E-state index contributed by atoms with van der Waals surface area (Å²) in [6.45, 7) is 6.66.